The molecule has 0 unspecified atom stereocenters. The fourth-order valence-corrected chi connectivity index (χ4v) is 4.07. The maximum absolute atomic E-state index is 15.2. The summed E-state index contributed by atoms with van der Waals surface area (Å²) in [6.07, 6.45) is 0. The molecule has 37 heavy (non-hydrogen) atoms. The van der Waals surface area contributed by atoms with Gasteiger partial charge in [-0.3, -0.25) is 14.5 Å². The molecular formula is C28H30FN5O3. The van der Waals surface area contributed by atoms with E-state index in [1.807, 2.05) is 39.8 Å². The summed E-state index contributed by atoms with van der Waals surface area (Å²) in [6, 6.07) is 18.9. The number of nitrogens with one attached hydrogen (secondary N) is 1. The van der Waals surface area contributed by atoms with E-state index in [9.17, 15) is 9.59 Å². The van der Waals surface area contributed by atoms with E-state index in [0.717, 1.165) is 0 Å². The molecule has 0 aliphatic rings. The topological polar surface area (TPSA) is 89.4 Å². The van der Waals surface area contributed by atoms with E-state index in [-0.39, 0.29) is 12.2 Å². The molecule has 1 heterocycles. The Morgan fingerprint density at radius 1 is 1.03 bits per heavy atom. The van der Waals surface area contributed by atoms with Crippen LogP contribution < -0.4 is 15.0 Å². The smallest absolute Gasteiger partial charge is 0.249 e. The summed E-state index contributed by atoms with van der Waals surface area (Å²) in [7, 11) is 0. The van der Waals surface area contributed by atoms with Crippen molar-refractivity contribution in [1.29, 1.82) is 0 Å². The SMILES string of the molecule is CCOc1ccc([C@H](C(=O)NC(C)(C)C)N(C(=O)Cn2nnc3ccccc32)c2ccccc2F)cc1. The Hall–Kier alpha value is -4.27. The van der Waals surface area contributed by atoms with Crippen molar-refractivity contribution >= 4 is 28.5 Å². The van der Waals surface area contributed by atoms with Gasteiger partial charge in [0.2, 0.25) is 11.8 Å². The summed E-state index contributed by atoms with van der Waals surface area (Å²) in [5.74, 6) is -0.974. The van der Waals surface area contributed by atoms with E-state index in [4.69, 9.17) is 4.74 Å². The Morgan fingerprint density at radius 2 is 1.70 bits per heavy atom. The van der Waals surface area contributed by atoms with Crippen molar-refractivity contribution in [2.24, 2.45) is 0 Å². The van der Waals surface area contributed by atoms with Crippen molar-refractivity contribution in [2.75, 3.05) is 11.5 Å². The van der Waals surface area contributed by atoms with Gasteiger partial charge in [0.25, 0.3) is 0 Å². The molecule has 192 valence electrons. The molecule has 4 aromatic rings. The van der Waals surface area contributed by atoms with E-state index >= 15 is 4.39 Å². The van der Waals surface area contributed by atoms with Crippen molar-refractivity contribution < 1.29 is 18.7 Å². The molecule has 2 amide bonds. The maximum Gasteiger partial charge on any atom is 0.249 e. The molecule has 0 fully saturated rings. The van der Waals surface area contributed by atoms with Crippen molar-refractivity contribution in [3.8, 4) is 5.75 Å². The second-order valence-electron chi connectivity index (χ2n) is 9.59. The first-order chi connectivity index (χ1) is 17.7. The Balaban J connectivity index is 1.82. The van der Waals surface area contributed by atoms with Gasteiger partial charge in [0, 0.05) is 5.54 Å². The zero-order valence-electron chi connectivity index (χ0n) is 21.3. The van der Waals surface area contributed by atoms with Crippen LogP contribution in [0.5, 0.6) is 5.75 Å². The molecule has 1 aromatic heterocycles. The van der Waals surface area contributed by atoms with Crippen LogP contribution in [0.2, 0.25) is 0 Å². The van der Waals surface area contributed by atoms with Crippen LogP contribution in [0.25, 0.3) is 11.0 Å². The minimum absolute atomic E-state index is 0.0140. The van der Waals surface area contributed by atoms with Gasteiger partial charge in [0.1, 0.15) is 29.7 Å². The minimum atomic E-state index is -1.16. The van der Waals surface area contributed by atoms with Gasteiger partial charge >= 0.3 is 0 Å². The summed E-state index contributed by atoms with van der Waals surface area (Å²) < 4.78 is 22.2. The number of fused-ring (bicyclic) bond motifs is 1. The highest BCUT2D eigenvalue weighted by Gasteiger charge is 2.36. The largest absolute Gasteiger partial charge is 0.494 e. The zero-order chi connectivity index (χ0) is 26.6. The van der Waals surface area contributed by atoms with E-state index in [1.54, 1.807) is 42.5 Å². The molecule has 0 saturated heterocycles. The number of hydrogen-bond acceptors (Lipinski definition) is 5. The fraction of sp³-hybridized carbons (Fsp3) is 0.286. The van der Waals surface area contributed by atoms with Crippen molar-refractivity contribution in [3.05, 3.63) is 84.2 Å². The fourth-order valence-electron chi connectivity index (χ4n) is 4.07. The number of carbonyl (C=O) groups is 2. The van der Waals surface area contributed by atoms with E-state index in [0.29, 0.717) is 29.0 Å². The molecule has 0 saturated carbocycles. The lowest BCUT2D eigenvalue weighted by Crippen LogP contribution is -2.50. The Kier molecular flexibility index (Phi) is 7.52. The number of halogens is 1. The normalized spacial score (nSPS) is 12.2. The molecule has 0 spiro atoms. The predicted octanol–water partition coefficient (Wildman–Crippen LogP) is 4.66. The van der Waals surface area contributed by atoms with Gasteiger partial charge in [0.05, 0.1) is 17.8 Å². The van der Waals surface area contributed by atoms with Gasteiger partial charge in [-0.1, -0.05) is 41.6 Å². The van der Waals surface area contributed by atoms with Crippen LogP contribution in [0.15, 0.2) is 72.8 Å². The zero-order valence-corrected chi connectivity index (χ0v) is 21.3. The lowest BCUT2D eigenvalue weighted by molar-refractivity contribution is -0.128. The van der Waals surface area contributed by atoms with Crippen LogP contribution in [-0.4, -0.2) is 39.0 Å². The predicted molar refractivity (Wildman–Crippen MR) is 140 cm³/mol. The van der Waals surface area contributed by atoms with E-state index < -0.39 is 29.2 Å². The monoisotopic (exact) mass is 503 g/mol. The molecule has 8 nitrogen and oxygen atoms in total. The molecule has 0 bridgehead atoms. The van der Waals surface area contributed by atoms with Crippen molar-refractivity contribution in [2.45, 2.75) is 45.8 Å². The third-order valence-corrected chi connectivity index (χ3v) is 5.60. The average Bonchev–Trinajstić information content (AvgIpc) is 3.25. The summed E-state index contributed by atoms with van der Waals surface area (Å²) in [4.78, 5) is 28.8. The summed E-state index contributed by atoms with van der Waals surface area (Å²) in [5, 5.41) is 11.2. The molecule has 0 aliphatic heterocycles. The van der Waals surface area contributed by atoms with E-state index in [2.05, 4.69) is 15.6 Å². The molecule has 4 rings (SSSR count). The van der Waals surface area contributed by atoms with Gasteiger partial charge in [-0.15, -0.1) is 5.10 Å². The Labute approximate surface area is 215 Å². The second kappa shape index (κ2) is 10.8. The molecule has 9 heteroatoms. The lowest BCUT2D eigenvalue weighted by atomic mass is 10.0. The van der Waals surface area contributed by atoms with Crippen LogP contribution in [0.1, 0.15) is 39.3 Å². The van der Waals surface area contributed by atoms with Gasteiger partial charge in [0.15, 0.2) is 0 Å². The van der Waals surface area contributed by atoms with Gasteiger partial charge in [-0.2, -0.15) is 0 Å². The molecule has 1 atom stereocenters. The first-order valence-corrected chi connectivity index (χ1v) is 12.1. The second-order valence-corrected chi connectivity index (χ2v) is 9.59. The van der Waals surface area contributed by atoms with Gasteiger partial charge < -0.3 is 10.1 Å². The highest BCUT2D eigenvalue weighted by molar-refractivity contribution is 6.01. The summed E-state index contributed by atoms with van der Waals surface area (Å²) in [6.45, 7) is 7.65. The number of para-hydroxylation sites is 2. The van der Waals surface area contributed by atoms with Crippen LogP contribution >= 0.6 is 0 Å². The highest BCUT2D eigenvalue weighted by atomic mass is 19.1. The Bertz CT molecular complexity index is 1390. The summed E-state index contributed by atoms with van der Waals surface area (Å²) >= 11 is 0. The number of hydrogen-bond donors (Lipinski definition) is 1. The molecular weight excluding hydrogens is 473 g/mol. The van der Waals surface area contributed by atoms with Crippen LogP contribution in [0.4, 0.5) is 10.1 Å². The van der Waals surface area contributed by atoms with Crippen LogP contribution in [-0.2, 0) is 16.1 Å². The number of benzene rings is 3. The van der Waals surface area contributed by atoms with Crippen molar-refractivity contribution in [1.82, 2.24) is 20.3 Å². The highest BCUT2D eigenvalue weighted by Crippen LogP contribution is 2.32. The number of aromatic nitrogens is 3. The summed E-state index contributed by atoms with van der Waals surface area (Å²) in [5.41, 5.74) is 1.18. The first-order valence-electron chi connectivity index (χ1n) is 12.1. The number of carbonyl (C=O) groups excluding carboxylic acids is 2. The van der Waals surface area contributed by atoms with E-state index in [1.165, 1.54) is 27.8 Å². The average molecular weight is 504 g/mol. The number of nitrogens with zero attached hydrogens (tertiary/aromatic N) is 4. The standard InChI is InChI=1S/C28H30FN5O3/c1-5-37-20-16-14-19(15-17-20)26(27(36)30-28(2,3)4)34(23-12-8-6-10-21(23)29)25(35)18-33-24-13-9-7-11-22(24)31-32-33/h6-17,26H,5,18H2,1-4H3,(H,30,36)/t26-/m1/s1. The number of ether oxygens (including phenoxy) is 1. The van der Waals surface area contributed by atoms with Gasteiger partial charge in [-0.25, -0.2) is 9.07 Å². The third-order valence-electron chi connectivity index (χ3n) is 5.60. The molecule has 0 radical (unpaired) electrons. The van der Waals surface area contributed by atoms with Crippen LogP contribution in [0, 0.1) is 5.82 Å². The van der Waals surface area contributed by atoms with Crippen molar-refractivity contribution in [3.63, 3.8) is 0 Å². The number of rotatable bonds is 8. The Morgan fingerprint density at radius 3 is 2.38 bits per heavy atom. The third kappa shape index (κ3) is 5.94. The number of anilines is 1. The number of amides is 2. The quantitative estimate of drug-likeness (QED) is 0.378. The minimum Gasteiger partial charge on any atom is -0.494 e. The molecule has 0 aliphatic carbocycles. The maximum atomic E-state index is 15.2. The van der Waals surface area contributed by atoms with Gasteiger partial charge in [-0.05, 0) is 69.7 Å². The molecule has 1 N–H and O–H groups in total. The lowest BCUT2D eigenvalue weighted by Gasteiger charge is -2.34. The van der Waals surface area contributed by atoms with Crippen LogP contribution in [0.3, 0.4) is 0 Å². The molecule has 3 aromatic carbocycles. The first kappa shape index (κ1) is 25.8.